The maximum atomic E-state index is 10.8. The molecule has 0 bridgehead atoms. The van der Waals surface area contributed by atoms with E-state index >= 15 is 0 Å². The van der Waals surface area contributed by atoms with E-state index < -0.39 is 12.2 Å². The first-order chi connectivity index (χ1) is 8.58. The summed E-state index contributed by atoms with van der Waals surface area (Å²) in [6, 6.07) is 4.27. The highest BCUT2D eigenvalue weighted by molar-refractivity contribution is 5.77. The molecule has 6 heteroatoms. The first-order valence-electron chi connectivity index (χ1n) is 5.05. The molecule has 0 spiro atoms. The molecule has 0 amide bonds. The van der Waals surface area contributed by atoms with Crippen LogP contribution in [0, 0.1) is 11.3 Å². The average molecular weight is 251 g/mol. The summed E-state index contributed by atoms with van der Waals surface area (Å²) < 4.78 is 10.1. The SMILES string of the molecule is COc1cc(C=O)cc(C(O)C(O)C#N)c1OC. The van der Waals surface area contributed by atoms with Gasteiger partial charge in [0.2, 0.25) is 0 Å². The van der Waals surface area contributed by atoms with Crippen molar-refractivity contribution in [1.82, 2.24) is 0 Å². The molecule has 0 heterocycles. The normalized spacial score (nSPS) is 13.3. The molecule has 2 unspecified atom stereocenters. The van der Waals surface area contributed by atoms with Gasteiger partial charge >= 0.3 is 0 Å². The summed E-state index contributed by atoms with van der Waals surface area (Å²) in [7, 11) is 2.73. The number of rotatable bonds is 5. The monoisotopic (exact) mass is 251 g/mol. The molecule has 1 aromatic rings. The number of nitriles is 1. The zero-order valence-corrected chi connectivity index (χ0v) is 9.95. The van der Waals surface area contributed by atoms with Gasteiger partial charge in [0, 0.05) is 11.1 Å². The predicted molar refractivity (Wildman–Crippen MR) is 61.5 cm³/mol. The Morgan fingerprint density at radius 1 is 1.33 bits per heavy atom. The highest BCUT2D eigenvalue weighted by Crippen LogP contribution is 2.36. The van der Waals surface area contributed by atoms with Crippen LogP contribution in [0.5, 0.6) is 11.5 Å². The number of benzene rings is 1. The van der Waals surface area contributed by atoms with Crippen molar-refractivity contribution in [3.8, 4) is 17.6 Å². The molecule has 0 radical (unpaired) electrons. The Bertz CT molecular complexity index is 480. The number of aldehydes is 1. The minimum absolute atomic E-state index is 0.119. The van der Waals surface area contributed by atoms with E-state index in [-0.39, 0.29) is 22.6 Å². The second-order valence-electron chi connectivity index (χ2n) is 3.48. The largest absolute Gasteiger partial charge is 0.493 e. The minimum atomic E-state index is -1.62. The summed E-state index contributed by atoms with van der Waals surface area (Å²) in [5, 5.41) is 27.7. The second kappa shape index (κ2) is 6.00. The molecule has 6 nitrogen and oxygen atoms in total. The molecule has 1 aromatic carbocycles. The highest BCUT2D eigenvalue weighted by Gasteiger charge is 2.24. The van der Waals surface area contributed by atoms with Crippen LogP contribution in [-0.4, -0.2) is 36.8 Å². The molecular formula is C12H13NO5. The molecule has 0 saturated carbocycles. The van der Waals surface area contributed by atoms with Gasteiger partial charge in [0.1, 0.15) is 12.4 Å². The molecule has 0 fully saturated rings. The zero-order chi connectivity index (χ0) is 13.7. The molecular weight excluding hydrogens is 238 g/mol. The fraction of sp³-hybridized carbons (Fsp3) is 0.333. The smallest absolute Gasteiger partial charge is 0.170 e. The van der Waals surface area contributed by atoms with Gasteiger partial charge in [-0.15, -0.1) is 0 Å². The number of hydrogen-bond acceptors (Lipinski definition) is 6. The summed E-state index contributed by atoms with van der Waals surface area (Å²) in [5.74, 6) is 0.409. The third kappa shape index (κ3) is 2.59. The molecule has 0 aliphatic rings. The van der Waals surface area contributed by atoms with E-state index in [4.69, 9.17) is 14.7 Å². The summed E-state index contributed by atoms with van der Waals surface area (Å²) in [6.07, 6.45) is -2.54. The Kier molecular flexibility index (Phi) is 4.66. The Labute approximate surface area is 104 Å². The molecule has 0 saturated heterocycles. The van der Waals surface area contributed by atoms with Gasteiger partial charge in [-0.3, -0.25) is 4.79 Å². The van der Waals surface area contributed by atoms with E-state index in [0.29, 0.717) is 6.29 Å². The molecule has 0 aromatic heterocycles. The first-order valence-corrected chi connectivity index (χ1v) is 5.05. The van der Waals surface area contributed by atoms with Crippen molar-refractivity contribution in [3.63, 3.8) is 0 Å². The third-order valence-corrected chi connectivity index (χ3v) is 2.42. The van der Waals surface area contributed by atoms with Crippen LogP contribution in [0.1, 0.15) is 22.0 Å². The maximum absolute atomic E-state index is 10.8. The lowest BCUT2D eigenvalue weighted by Gasteiger charge is -2.18. The van der Waals surface area contributed by atoms with E-state index in [2.05, 4.69) is 0 Å². The van der Waals surface area contributed by atoms with E-state index in [0.717, 1.165) is 0 Å². The quantitative estimate of drug-likeness (QED) is 0.581. The lowest BCUT2D eigenvalue weighted by atomic mass is 10.0. The summed E-state index contributed by atoms with van der Waals surface area (Å²) in [5.41, 5.74) is 0.361. The molecule has 0 aliphatic heterocycles. The maximum Gasteiger partial charge on any atom is 0.170 e. The van der Waals surface area contributed by atoms with Crippen molar-refractivity contribution >= 4 is 6.29 Å². The zero-order valence-electron chi connectivity index (χ0n) is 9.95. The lowest BCUT2D eigenvalue weighted by Crippen LogP contribution is -2.17. The van der Waals surface area contributed by atoms with Crippen molar-refractivity contribution in [1.29, 1.82) is 5.26 Å². The van der Waals surface area contributed by atoms with Crippen LogP contribution in [0.4, 0.5) is 0 Å². The molecule has 2 atom stereocenters. The van der Waals surface area contributed by atoms with Gasteiger partial charge in [-0.25, -0.2) is 0 Å². The van der Waals surface area contributed by atoms with Crippen molar-refractivity contribution in [2.75, 3.05) is 14.2 Å². The van der Waals surface area contributed by atoms with E-state index in [9.17, 15) is 15.0 Å². The standard InChI is InChI=1S/C12H13NO5/c1-17-10-4-7(6-14)3-8(12(10)18-2)11(16)9(15)5-13/h3-4,6,9,11,15-16H,1-2H3. The van der Waals surface area contributed by atoms with Crippen LogP contribution in [0.25, 0.3) is 0 Å². The van der Waals surface area contributed by atoms with Crippen molar-refractivity contribution < 1.29 is 24.5 Å². The fourth-order valence-corrected chi connectivity index (χ4v) is 1.54. The number of carbonyl (C=O) groups excluding carboxylic acids is 1. The number of ether oxygens (including phenoxy) is 2. The van der Waals surface area contributed by atoms with Gasteiger partial charge < -0.3 is 19.7 Å². The number of carbonyl (C=O) groups is 1. The summed E-state index contributed by atoms with van der Waals surface area (Å²) in [6.45, 7) is 0. The number of aliphatic hydroxyl groups excluding tert-OH is 2. The van der Waals surface area contributed by atoms with Crippen LogP contribution < -0.4 is 9.47 Å². The Balaban J connectivity index is 3.40. The van der Waals surface area contributed by atoms with Crippen LogP contribution in [-0.2, 0) is 0 Å². The Morgan fingerprint density at radius 2 is 2.00 bits per heavy atom. The van der Waals surface area contributed by atoms with Crippen LogP contribution in [0.3, 0.4) is 0 Å². The predicted octanol–water partition coefficient (Wildman–Crippen LogP) is 0.434. The third-order valence-electron chi connectivity index (χ3n) is 2.42. The fourth-order valence-electron chi connectivity index (χ4n) is 1.54. The van der Waals surface area contributed by atoms with Crippen molar-refractivity contribution in [2.24, 2.45) is 0 Å². The van der Waals surface area contributed by atoms with Crippen LogP contribution in [0.15, 0.2) is 12.1 Å². The van der Waals surface area contributed by atoms with E-state index in [1.807, 2.05) is 0 Å². The molecule has 18 heavy (non-hydrogen) atoms. The van der Waals surface area contributed by atoms with E-state index in [1.165, 1.54) is 32.4 Å². The topological polar surface area (TPSA) is 99.8 Å². The van der Waals surface area contributed by atoms with E-state index in [1.54, 1.807) is 0 Å². The molecule has 2 N–H and O–H groups in total. The van der Waals surface area contributed by atoms with Crippen molar-refractivity contribution in [2.45, 2.75) is 12.2 Å². The second-order valence-corrected chi connectivity index (χ2v) is 3.48. The summed E-state index contributed by atoms with van der Waals surface area (Å²) in [4.78, 5) is 10.8. The number of aliphatic hydroxyl groups is 2. The van der Waals surface area contributed by atoms with Gasteiger partial charge in [0.05, 0.1) is 20.3 Å². The van der Waals surface area contributed by atoms with Gasteiger partial charge in [-0.2, -0.15) is 5.26 Å². The van der Waals surface area contributed by atoms with Crippen LogP contribution in [0.2, 0.25) is 0 Å². The Hall–Kier alpha value is -2.10. The van der Waals surface area contributed by atoms with Gasteiger partial charge in [0.15, 0.2) is 17.6 Å². The minimum Gasteiger partial charge on any atom is -0.493 e. The molecule has 0 aliphatic carbocycles. The van der Waals surface area contributed by atoms with Crippen LogP contribution >= 0.6 is 0 Å². The first kappa shape index (κ1) is 14.0. The lowest BCUT2D eigenvalue weighted by molar-refractivity contribution is 0.0508. The van der Waals surface area contributed by atoms with Gasteiger partial charge in [-0.05, 0) is 12.1 Å². The average Bonchev–Trinajstić information content (AvgIpc) is 2.43. The summed E-state index contributed by atoms with van der Waals surface area (Å²) >= 11 is 0. The number of methoxy groups -OCH3 is 2. The number of hydrogen-bond donors (Lipinski definition) is 2. The Morgan fingerprint density at radius 3 is 2.44 bits per heavy atom. The number of nitrogens with zero attached hydrogens (tertiary/aromatic N) is 1. The molecule has 1 rings (SSSR count). The highest BCUT2D eigenvalue weighted by atomic mass is 16.5. The van der Waals surface area contributed by atoms with Crippen molar-refractivity contribution in [3.05, 3.63) is 23.3 Å². The van der Waals surface area contributed by atoms with Gasteiger partial charge in [0.25, 0.3) is 0 Å². The van der Waals surface area contributed by atoms with Gasteiger partial charge in [-0.1, -0.05) is 0 Å². The molecule has 96 valence electrons.